The number of rotatable bonds is 6. The lowest BCUT2D eigenvalue weighted by molar-refractivity contribution is 0.394. The Morgan fingerprint density at radius 1 is 0.950 bits per heavy atom. The number of hydrogen-bond donors (Lipinski definition) is 1. The Bertz CT molecular complexity index is 528. The van der Waals surface area contributed by atoms with Crippen LogP contribution in [-0.4, -0.2) is 43.2 Å². The van der Waals surface area contributed by atoms with Crippen LogP contribution in [0.2, 0.25) is 0 Å². The second kappa shape index (κ2) is 4.72. The quantitative estimate of drug-likeness (QED) is 0.800. The minimum Gasteiger partial charge on any atom is -0.508 e. The molecule has 20 heavy (non-hydrogen) atoms. The number of epoxide rings is 3. The predicted octanol–water partition coefficient (Wildman–Crippen LogP) is 1.52. The fourth-order valence-electron chi connectivity index (χ4n) is 2.91. The minimum atomic E-state index is 0.289. The van der Waals surface area contributed by atoms with E-state index >= 15 is 0 Å². The van der Waals surface area contributed by atoms with Crippen molar-refractivity contribution in [1.82, 2.24) is 0 Å². The molecule has 4 heteroatoms. The topological polar surface area (TPSA) is 57.8 Å². The average Bonchev–Trinajstić information content (AvgIpc) is 3.22. The molecule has 0 aromatic heterocycles. The highest BCUT2D eigenvalue weighted by Crippen LogP contribution is 2.35. The predicted molar refractivity (Wildman–Crippen MR) is 73.2 cm³/mol. The van der Waals surface area contributed by atoms with Gasteiger partial charge in [0.25, 0.3) is 0 Å². The van der Waals surface area contributed by atoms with Crippen molar-refractivity contribution in [1.29, 1.82) is 0 Å². The van der Waals surface area contributed by atoms with Crippen molar-refractivity contribution in [2.24, 2.45) is 0 Å². The summed E-state index contributed by atoms with van der Waals surface area (Å²) in [4.78, 5) is 0. The van der Waals surface area contributed by atoms with E-state index in [2.05, 4.69) is 6.92 Å². The Morgan fingerprint density at radius 2 is 1.45 bits per heavy atom. The maximum Gasteiger partial charge on any atom is 0.119 e. The summed E-state index contributed by atoms with van der Waals surface area (Å²) in [5.74, 6) is 0.414. The van der Waals surface area contributed by atoms with Crippen molar-refractivity contribution >= 4 is 0 Å². The second-order valence-electron chi connectivity index (χ2n) is 6.12. The Kier molecular flexibility index (Phi) is 2.98. The van der Waals surface area contributed by atoms with Gasteiger partial charge < -0.3 is 19.3 Å². The molecule has 1 aromatic rings. The molecule has 3 saturated heterocycles. The summed E-state index contributed by atoms with van der Waals surface area (Å²) in [6.07, 6.45) is 3.58. The van der Waals surface area contributed by atoms with Crippen LogP contribution < -0.4 is 0 Å². The van der Waals surface area contributed by atoms with Gasteiger partial charge >= 0.3 is 0 Å². The van der Waals surface area contributed by atoms with E-state index in [0.29, 0.717) is 18.0 Å². The zero-order valence-electron chi connectivity index (χ0n) is 11.7. The molecular formula is C16H20O4. The molecule has 3 fully saturated rings. The Balaban J connectivity index is 1.68. The highest BCUT2D eigenvalue weighted by molar-refractivity contribution is 5.50. The average molecular weight is 276 g/mol. The Morgan fingerprint density at radius 3 is 2.00 bits per heavy atom. The third-order valence-corrected chi connectivity index (χ3v) is 4.44. The molecule has 3 atom stereocenters. The summed E-state index contributed by atoms with van der Waals surface area (Å²) in [5.41, 5.74) is 4.82. The number of hydrogen-bond acceptors (Lipinski definition) is 4. The molecule has 3 heterocycles. The van der Waals surface area contributed by atoms with Gasteiger partial charge in [0.05, 0.1) is 38.1 Å². The summed E-state index contributed by atoms with van der Waals surface area (Å²) in [7, 11) is 0. The number of ether oxygens (including phenoxy) is 3. The largest absolute Gasteiger partial charge is 0.508 e. The molecule has 1 N–H and O–H groups in total. The fourth-order valence-corrected chi connectivity index (χ4v) is 2.91. The first-order chi connectivity index (χ1) is 9.70. The van der Waals surface area contributed by atoms with Crippen molar-refractivity contribution in [2.75, 3.05) is 19.8 Å². The van der Waals surface area contributed by atoms with Gasteiger partial charge in [0.2, 0.25) is 0 Å². The summed E-state index contributed by atoms with van der Waals surface area (Å²) in [5, 5.41) is 10.4. The molecule has 0 saturated carbocycles. The maximum atomic E-state index is 10.4. The van der Waals surface area contributed by atoms with Gasteiger partial charge in [-0.25, -0.2) is 0 Å². The van der Waals surface area contributed by atoms with E-state index in [1.54, 1.807) is 0 Å². The zero-order chi connectivity index (χ0) is 13.7. The third kappa shape index (κ3) is 2.68. The number of phenols is 1. The van der Waals surface area contributed by atoms with Gasteiger partial charge in [-0.2, -0.15) is 0 Å². The van der Waals surface area contributed by atoms with Crippen LogP contribution in [0.25, 0.3) is 0 Å². The first-order valence-electron chi connectivity index (χ1n) is 7.38. The Hall–Kier alpha value is -1.10. The van der Waals surface area contributed by atoms with Crippen LogP contribution in [0.4, 0.5) is 0 Å². The molecule has 3 unspecified atom stereocenters. The normalized spacial score (nSPS) is 30.4. The van der Waals surface area contributed by atoms with E-state index in [0.717, 1.165) is 44.6 Å². The molecule has 0 radical (unpaired) electrons. The van der Waals surface area contributed by atoms with Crippen molar-refractivity contribution < 1.29 is 19.3 Å². The third-order valence-electron chi connectivity index (χ3n) is 4.44. The van der Waals surface area contributed by atoms with E-state index in [1.165, 1.54) is 16.7 Å². The molecule has 4 rings (SSSR count). The van der Waals surface area contributed by atoms with Crippen molar-refractivity contribution in [3.63, 3.8) is 0 Å². The molecule has 3 aliphatic heterocycles. The zero-order valence-corrected chi connectivity index (χ0v) is 11.7. The number of benzene rings is 1. The smallest absolute Gasteiger partial charge is 0.119 e. The SMILES string of the molecule is Cc1c(CC2CO2)cc(O)c(CC2CO2)c1CC1CO1. The van der Waals surface area contributed by atoms with Gasteiger partial charge in [-0.15, -0.1) is 0 Å². The minimum absolute atomic E-state index is 0.289. The highest BCUT2D eigenvalue weighted by Gasteiger charge is 2.31. The lowest BCUT2D eigenvalue weighted by atomic mass is 9.89. The summed E-state index contributed by atoms with van der Waals surface area (Å²) in [6.45, 7) is 4.66. The molecule has 4 nitrogen and oxygen atoms in total. The van der Waals surface area contributed by atoms with Crippen LogP contribution in [-0.2, 0) is 33.5 Å². The monoisotopic (exact) mass is 276 g/mol. The lowest BCUT2D eigenvalue weighted by Gasteiger charge is -2.17. The fraction of sp³-hybridized carbons (Fsp3) is 0.625. The molecule has 3 aliphatic rings. The first-order valence-corrected chi connectivity index (χ1v) is 7.38. The molecular weight excluding hydrogens is 256 g/mol. The van der Waals surface area contributed by atoms with E-state index in [9.17, 15) is 5.11 Å². The summed E-state index contributed by atoms with van der Waals surface area (Å²) >= 11 is 0. The van der Waals surface area contributed by atoms with Crippen LogP contribution in [0.15, 0.2) is 6.07 Å². The summed E-state index contributed by atoms with van der Waals surface area (Å²) < 4.78 is 16.0. The Labute approximate surface area is 118 Å². The van der Waals surface area contributed by atoms with Crippen molar-refractivity contribution in [3.8, 4) is 5.75 Å². The van der Waals surface area contributed by atoms with Gasteiger partial charge in [0, 0.05) is 24.8 Å². The molecule has 1 aromatic carbocycles. The van der Waals surface area contributed by atoms with E-state index in [-0.39, 0.29) is 6.10 Å². The van der Waals surface area contributed by atoms with Crippen LogP contribution in [0, 0.1) is 6.92 Å². The van der Waals surface area contributed by atoms with Gasteiger partial charge in [0.1, 0.15) is 5.75 Å². The van der Waals surface area contributed by atoms with Crippen LogP contribution >= 0.6 is 0 Å². The van der Waals surface area contributed by atoms with E-state index in [4.69, 9.17) is 14.2 Å². The van der Waals surface area contributed by atoms with Crippen molar-refractivity contribution in [3.05, 3.63) is 28.3 Å². The maximum absolute atomic E-state index is 10.4. The van der Waals surface area contributed by atoms with Gasteiger partial charge in [-0.3, -0.25) is 0 Å². The van der Waals surface area contributed by atoms with Crippen LogP contribution in [0.3, 0.4) is 0 Å². The molecule has 0 amide bonds. The molecule has 0 bridgehead atoms. The van der Waals surface area contributed by atoms with Gasteiger partial charge in [-0.05, 0) is 29.7 Å². The van der Waals surface area contributed by atoms with E-state index < -0.39 is 0 Å². The second-order valence-corrected chi connectivity index (χ2v) is 6.12. The standard InChI is InChI=1S/C16H20O4/c1-9-10(2-11-6-18-11)3-16(17)15(5-13-8-20-13)14(9)4-12-7-19-12/h3,11-13,17H,2,4-8H2,1H3. The molecule has 0 aliphatic carbocycles. The molecule has 0 spiro atoms. The van der Waals surface area contributed by atoms with Gasteiger partial charge in [-0.1, -0.05) is 0 Å². The van der Waals surface area contributed by atoms with Crippen LogP contribution in [0.5, 0.6) is 5.75 Å². The first kappa shape index (κ1) is 12.6. The van der Waals surface area contributed by atoms with E-state index in [1.807, 2.05) is 6.07 Å². The summed E-state index contributed by atoms with van der Waals surface area (Å²) in [6, 6.07) is 1.92. The number of aromatic hydroxyl groups is 1. The number of phenolic OH excluding ortho intramolecular Hbond substituents is 1. The highest BCUT2D eigenvalue weighted by atomic mass is 16.6. The lowest BCUT2D eigenvalue weighted by Crippen LogP contribution is -2.09. The van der Waals surface area contributed by atoms with Crippen molar-refractivity contribution in [2.45, 2.75) is 44.5 Å². The molecule has 108 valence electrons. The van der Waals surface area contributed by atoms with Gasteiger partial charge in [0.15, 0.2) is 0 Å². The van der Waals surface area contributed by atoms with Crippen LogP contribution in [0.1, 0.15) is 22.3 Å².